The zero-order valence-corrected chi connectivity index (χ0v) is 14.6. The second-order valence-corrected chi connectivity index (χ2v) is 6.78. The van der Waals surface area contributed by atoms with Crippen LogP contribution in [0, 0.1) is 6.92 Å². The third-order valence-electron chi connectivity index (χ3n) is 4.78. The van der Waals surface area contributed by atoms with Crippen LogP contribution in [0.25, 0.3) is 0 Å². The second-order valence-electron chi connectivity index (χ2n) is 6.78. The maximum atomic E-state index is 12.4. The van der Waals surface area contributed by atoms with Gasteiger partial charge in [-0.05, 0) is 32.3 Å². The molecule has 0 spiro atoms. The van der Waals surface area contributed by atoms with Gasteiger partial charge in [-0.1, -0.05) is 0 Å². The van der Waals surface area contributed by atoms with E-state index in [-0.39, 0.29) is 24.2 Å². The van der Waals surface area contributed by atoms with E-state index in [0.717, 1.165) is 38.1 Å². The van der Waals surface area contributed by atoms with Crippen LogP contribution < -0.4 is 5.32 Å². The van der Waals surface area contributed by atoms with Gasteiger partial charge in [0.25, 0.3) is 0 Å². The largest absolute Gasteiger partial charge is 0.376 e. The first-order chi connectivity index (χ1) is 11.6. The highest BCUT2D eigenvalue weighted by molar-refractivity contribution is 5.81. The Bertz CT molecular complexity index is 542. The maximum Gasteiger partial charge on any atom is 0.237 e. The lowest BCUT2D eigenvalue weighted by Crippen LogP contribution is -2.53. The molecule has 7 nitrogen and oxygen atoms in total. The molecule has 2 aliphatic heterocycles. The number of amides is 1. The summed E-state index contributed by atoms with van der Waals surface area (Å²) < 4.78 is 13.3. The van der Waals surface area contributed by atoms with Crippen molar-refractivity contribution in [3.63, 3.8) is 0 Å². The van der Waals surface area contributed by atoms with Crippen LogP contribution in [0.2, 0.25) is 0 Å². The number of rotatable bonds is 6. The molecule has 3 atom stereocenters. The minimum Gasteiger partial charge on any atom is -0.376 e. The molecule has 2 aliphatic rings. The molecule has 0 bridgehead atoms. The van der Waals surface area contributed by atoms with E-state index >= 15 is 0 Å². The number of hydrogen-bond donors (Lipinski definition) is 1. The van der Waals surface area contributed by atoms with Crippen LogP contribution in [0.1, 0.15) is 25.3 Å². The van der Waals surface area contributed by atoms with E-state index in [2.05, 4.69) is 15.3 Å². The van der Waals surface area contributed by atoms with Gasteiger partial charge in [0.1, 0.15) is 0 Å². The third-order valence-corrected chi connectivity index (χ3v) is 4.78. The molecule has 134 valence electrons. The highest BCUT2D eigenvalue weighted by Crippen LogP contribution is 2.13. The molecule has 2 fully saturated rings. The van der Waals surface area contributed by atoms with Crippen molar-refractivity contribution in [2.45, 2.75) is 51.5 Å². The summed E-state index contributed by atoms with van der Waals surface area (Å²) >= 11 is 0. The first-order valence-corrected chi connectivity index (χ1v) is 8.86. The fraction of sp³-hybridized carbons (Fsp3) is 0.765. The number of aromatic nitrogens is 2. The molecule has 1 aromatic heterocycles. The number of aryl methyl sites for hydroxylation is 1. The van der Waals surface area contributed by atoms with Crippen LogP contribution in [0.5, 0.6) is 0 Å². The standard InChI is InChI=1S/C17H28N4O3/c1-13-8-19-21(10-13)12-16-11-20(5-7-24-16)14(2)17(22)18-9-15-4-3-6-23-15/h8,10,14-16H,3-7,9,11-12H2,1-2H3,(H,18,22)/t14-,15-,16+/m1/s1. The van der Waals surface area contributed by atoms with Gasteiger partial charge in [-0.15, -0.1) is 0 Å². The molecule has 0 aliphatic carbocycles. The van der Waals surface area contributed by atoms with E-state index < -0.39 is 0 Å². The highest BCUT2D eigenvalue weighted by Gasteiger charge is 2.28. The summed E-state index contributed by atoms with van der Waals surface area (Å²) in [4.78, 5) is 14.6. The van der Waals surface area contributed by atoms with Crippen molar-refractivity contribution in [3.8, 4) is 0 Å². The van der Waals surface area contributed by atoms with E-state index in [4.69, 9.17) is 9.47 Å². The molecular formula is C17H28N4O3. The van der Waals surface area contributed by atoms with Crippen molar-refractivity contribution in [2.24, 2.45) is 0 Å². The summed E-state index contributed by atoms with van der Waals surface area (Å²) in [5.74, 6) is 0.0704. The minimum absolute atomic E-state index is 0.0615. The molecule has 7 heteroatoms. The number of ether oxygens (including phenoxy) is 2. The summed E-state index contributed by atoms with van der Waals surface area (Å²) in [6.07, 6.45) is 6.24. The average Bonchev–Trinajstić information content (AvgIpc) is 3.24. The summed E-state index contributed by atoms with van der Waals surface area (Å²) in [5.41, 5.74) is 1.14. The van der Waals surface area contributed by atoms with Crippen LogP contribution in [0.15, 0.2) is 12.4 Å². The highest BCUT2D eigenvalue weighted by atomic mass is 16.5. The van der Waals surface area contributed by atoms with Gasteiger partial charge < -0.3 is 14.8 Å². The quantitative estimate of drug-likeness (QED) is 0.823. The van der Waals surface area contributed by atoms with Gasteiger partial charge >= 0.3 is 0 Å². The predicted octanol–water partition coefficient (Wildman–Crippen LogP) is 0.576. The minimum atomic E-state index is -0.155. The molecule has 3 heterocycles. The Morgan fingerprint density at radius 2 is 2.25 bits per heavy atom. The predicted molar refractivity (Wildman–Crippen MR) is 89.7 cm³/mol. The van der Waals surface area contributed by atoms with E-state index in [1.165, 1.54) is 0 Å². The molecule has 24 heavy (non-hydrogen) atoms. The van der Waals surface area contributed by atoms with Crippen molar-refractivity contribution < 1.29 is 14.3 Å². The fourth-order valence-electron chi connectivity index (χ4n) is 3.31. The molecule has 0 unspecified atom stereocenters. The van der Waals surface area contributed by atoms with Crippen molar-refractivity contribution in [1.82, 2.24) is 20.0 Å². The molecule has 1 N–H and O–H groups in total. The lowest BCUT2D eigenvalue weighted by molar-refractivity contribution is -0.130. The Morgan fingerprint density at radius 1 is 1.42 bits per heavy atom. The molecular weight excluding hydrogens is 308 g/mol. The van der Waals surface area contributed by atoms with E-state index in [1.54, 1.807) is 0 Å². The van der Waals surface area contributed by atoms with Gasteiger partial charge in [-0.2, -0.15) is 5.10 Å². The lowest BCUT2D eigenvalue weighted by atomic mass is 10.2. The van der Waals surface area contributed by atoms with Gasteiger partial charge in [0.05, 0.1) is 37.6 Å². The molecule has 1 amide bonds. The normalized spacial score (nSPS) is 26.4. The number of carbonyl (C=O) groups is 1. The van der Waals surface area contributed by atoms with Crippen LogP contribution in [0.3, 0.4) is 0 Å². The number of hydrogen-bond acceptors (Lipinski definition) is 5. The zero-order chi connectivity index (χ0) is 16.9. The summed E-state index contributed by atoms with van der Waals surface area (Å²) in [7, 11) is 0. The summed E-state index contributed by atoms with van der Waals surface area (Å²) in [6, 6.07) is -0.155. The Morgan fingerprint density at radius 3 is 2.96 bits per heavy atom. The summed E-state index contributed by atoms with van der Waals surface area (Å²) in [6.45, 7) is 8.31. The van der Waals surface area contributed by atoms with E-state index in [9.17, 15) is 4.79 Å². The van der Waals surface area contributed by atoms with Crippen LogP contribution in [-0.2, 0) is 20.8 Å². The van der Waals surface area contributed by atoms with Crippen LogP contribution in [-0.4, -0.2) is 71.7 Å². The van der Waals surface area contributed by atoms with Gasteiger partial charge in [-0.25, -0.2) is 0 Å². The Kier molecular flexibility index (Phi) is 5.86. The van der Waals surface area contributed by atoms with Crippen molar-refractivity contribution in [2.75, 3.05) is 32.8 Å². The smallest absolute Gasteiger partial charge is 0.237 e. The van der Waals surface area contributed by atoms with E-state index in [1.807, 2.05) is 30.9 Å². The second kappa shape index (κ2) is 8.09. The van der Waals surface area contributed by atoms with Crippen LogP contribution in [0.4, 0.5) is 0 Å². The van der Waals surface area contributed by atoms with Crippen molar-refractivity contribution >= 4 is 5.91 Å². The third kappa shape index (κ3) is 4.55. The van der Waals surface area contributed by atoms with Gasteiger partial charge in [0.2, 0.25) is 5.91 Å². The molecule has 1 aromatic rings. The maximum absolute atomic E-state index is 12.4. The SMILES string of the molecule is Cc1cnn(C[C@@H]2CN([C@H](C)C(=O)NC[C@H]3CCCO3)CCO2)c1. The number of morpholine rings is 1. The first-order valence-electron chi connectivity index (χ1n) is 8.86. The average molecular weight is 336 g/mol. The molecule has 2 saturated heterocycles. The zero-order valence-electron chi connectivity index (χ0n) is 14.6. The number of nitrogens with zero attached hydrogens (tertiary/aromatic N) is 3. The van der Waals surface area contributed by atoms with Gasteiger partial charge in [0, 0.05) is 32.4 Å². The molecule has 0 saturated carbocycles. The van der Waals surface area contributed by atoms with Crippen molar-refractivity contribution in [1.29, 1.82) is 0 Å². The van der Waals surface area contributed by atoms with Gasteiger partial charge in [-0.3, -0.25) is 14.4 Å². The van der Waals surface area contributed by atoms with E-state index in [0.29, 0.717) is 19.7 Å². The molecule has 0 radical (unpaired) electrons. The molecule has 0 aromatic carbocycles. The lowest BCUT2D eigenvalue weighted by Gasteiger charge is -2.36. The Hall–Kier alpha value is -1.44. The molecule has 3 rings (SSSR count). The van der Waals surface area contributed by atoms with Crippen LogP contribution >= 0.6 is 0 Å². The monoisotopic (exact) mass is 336 g/mol. The topological polar surface area (TPSA) is 68.6 Å². The summed E-state index contributed by atoms with van der Waals surface area (Å²) in [5, 5.41) is 7.34. The fourth-order valence-corrected chi connectivity index (χ4v) is 3.31. The Balaban J connectivity index is 1.46. The van der Waals surface area contributed by atoms with Crippen molar-refractivity contribution in [3.05, 3.63) is 18.0 Å². The first kappa shape index (κ1) is 17.4. The van der Waals surface area contributed by atoms with Gasteiger partial charge in [0.15, 0.2) is 0 Å². The Labute approximate surface area is 143 Å². The number of carbonyl (C=O) groups excluding carboxylic acids is 1. The number of nitrogens with one attached hydrogen (secondary N) is 1.